The van der Waals surface area contributed by atoms with E-state index in [4.69, 9.17) is 5.73 Å². The van der Waals surface area contributed by atoms with Gasteiger partial charge in [-0.2, -0.15) is 0 Å². The molecule has 100 valence electrons. The molecule has 18 heavy (non-hydrogen) atoms. The molecule has 5 heteroatoms. The van der Waals surface area contributed by atoms with Crippen LogP contribution in [0.25, 0.3) is 0 Å². The fourth-order valence-corrected chi connectivity index (χ4v) is 1.77. The average Bonchev–Trinajstić information content (AvgIpc) is 2.26. The summed E-state index contributed by atoms with van der Waals surface area (Å²) >= 11 is 0. The Morgan fingerprint density at radius 2 is 2.06 bits per heavy atom. The largest absolute Gasteiger partial charge is 0.464 e. The minimum absolute atomic E-state index is 0.115. The first kappa shape index (κ1) is 14.3. The van der Waals surface area contributed by atoms with Crippen LogP contribution in [0.5, 0.6) is 0 Å². The van der Waals surface area contributed by atoms with Crippen molar-refractivity contribution >= 4 is 17.5 Å². The van der Waals surface area contributed by atoms with Gasteiger partial charge in [-0.1, -0.05) is 20.8 Å². The molecular formula is C13H21N3O2. The summed E-state index contributed by atoms with van der Waals surface area (Å²) in [5.74, 6) is 0.147. The third kappa shape index (κ3) is 3.61. The molecule has 0 bridgehead atoms. The highest BCUT2D eigenvalue weighted by Crippen LogP contribution is 2.24. The molecule has 0 aliphatic rings. The zero-order chi connectivity index (χ0) is 13.9. The van der Waals surface area contributed by atoms with E-state index in [-0.39, 0.29) is 11.1 Å². The Morgan fingerprint density at radius 1 is 1.44 bits per heavy atom. The predicted octanol–water partition coefficient (Wildman–Crippen LogP) is 1.93. The van der Waals surface area contributed by atoms with Crippen molar-refractivity contribution in [2.24, 2.45) is 5.41 Å². The Bertz CT molecular complexity index is 438. The summed E-state index contributed by atoms with van der Waals surface area (Å²) in [6.07, 6.45) is 0. The second kappa shape index (κ2) is 5.25. The predicted molar refractivity (Wildman–Crippen MR) is 72.7 cm³/mol. The van der Waals surface area contributed by atoms with Crippen molar-refractivity contribution in [2.45, 2.75) is 20.8 Å². The lowest BCUT2D eigenvalue weighted by molar-refractivity contribution is 0.0594. The minimum atomic E-state index is -0.458. The normalized spacial score (nSPS) is 11.2. The quantitative estimate of drug-likeness (QED) is 0.831. The maximum atomic E-state index is 11.4. The highest BCUT2D eigenvalue weighted by molar-refractivity contribution is 5.88. The van der Waals surface area contributed by atoms with Gasteiger partial charge in [-0.05, 0) is 17.5 Å². The molecule has 1 rings (SSSR count). The van der Waals surface area contributed by atoms with Gasteiger partial charge >= 0.3 is 5.97 Å². The van der Waals surface area contributed by atoms with E-state index in [0.717, 1.165) is 6.54 Å². The summed E-state index contributed by atoms with van der Waals surface area (Å²) in [5.41, 5.74) is 6.83. The van der Waals surface area contributed by atoms with E-state index in [2.05, 4.69) is 30.5 Å². The van der Waals surface area contributed by atoms with Gasteiger partial charge in [-0.15, -0.1) is 0 Å². The number of carbonyl (C=O) groups excluding carboxylic acids is 1. The van der Waals surface area contributed by atoms with Crippen molar-refractivity contribution in [1.82, 2.24) is 4.98 Å². The fraction of sp³-hybridized carbons (Fsp3) is 0.538. The van der Waals surface area contributed by atoms with Gasteiger partial charge in [-0.25, -0.2) is 9.78 Å². The Morgan fingerprint density at radius 3 is 2.56 bits per heavy atom. The van der Waals surface area contributed by atoms with Crippen molar-refractivity contribution in [3.8, 4) is 0 Å². The Kier molecular flexibility index (Phi) is 4.16. The van der Waals surface area contributed by atoms with Crippen molar-refractivity contribution in [3.05, 3.63) is 17.8 Å². The van der Waals surface area contributed by atoms with Crippen molar-refractivity contribution in [2.75, 3.05) is 31.3 Å². The summed E-state index contributed by atoms with van der Waals surface area (Å²) in [7, 11) is 3.24. The SMILES string of the molecule is COC(=O)c1ccc(N)c(N(C)CC(C)(C)C)n1. The molecular weight excluding hydrogens is 230 g/mol. The number of rotatable bonds is 3. The number of aromatic nitrogens is 1. The standard InChI is InChI=1S/C13H21N3O2/c1-13(2,3)8-16(4)11-9(14)6-7-10(15-11)12(17)18-5/h6-7H,8,14H2,1-5H3. The molecule has 2 N–H and O–H groups in total. The van der Waals surface area contributed by atoms with E-state index in [9.17, 15) is 4.79 Å². The maximum absolute atomic E-state index is 11.4. The molecule has 0 saturated carbocycles. The van der Waals surface area contributed by atoms with Gasteiger partial charge in [0.25, 0.3) is 0 Å². The lowest BCUT2D eigenvalue weighted by Crippen LogP contribution is -2.30. The molecule has 0 unspecified atom stereocenters. The molecule has 0 aromatic carbocycles. The number of nitrogens with two attached hydrogens (primary N) is 1. The number of hydrogen-bond donors (Lipinski definition) is 1. The first-order valence-corrected chi connectivity index (χ1v) is 5.80. The number of pyridine rings is 1. The van der Waals surface area contributed by atoms with E-state index in [1.807, 2.05) is 11.9 Å². The molecule has 1 heterocycles. The van der Waals surface area contributed by atoms with Gasteiger partial charge in [0, 0.05) is 13.6 Å². The molecule has 5 nitrogen and oxygen atoms in total. The summed E-state index contributed by atoms with van der Waals surface area (Å²) in [6.45, 7) is 7.17. The van der Waals surface area contributed by atoms with Crippen molar-refractivity contribution < 1.29 is 9.53 Å². The highest BCUT2D eigenvalue weighted by Gasteiger charge is 2.18. The first-order valence-electron chi connectivity index (χ1n) is 5.80. The lowest BCUT2D eigenvalue weighted by atomic mass is 9.96. The van der Waals surface area contributed by atoms with Crippen LogP contribution in [-0.4, -0.2) is 31.7 Å². The first-order chi connectivity index (χ1) is 8.24. The van der Waals surface area contributed by atoms with E-state index >= 15 is 0 Å². The zero-order valence-electron chi connectivity index (χ0n) is 11.7. The van der Waals surface area contributed by atoms with E-state index in [1.54, 1.807) is 12.1 Å². The van der Waals surface area contributed by atoms with Gasteiger partial charge in [0.05, 0.1) is 12.8 Å². The maximum Gasteiger partial charge on any atom is 0.356 e. The number of carbonyl (C=O) groups is 1. The minimum Gasteiger partial charge on any atom is -0.464 e. The van der Waals surface area contributed by atoms with Gasteiger partial charge in [0.15, 0.2) is 11.5 Å². The molecule has 0 amide bonds. The van der Waals surface area contributed by atoms with Crippen molar-refractivity contribution in [3.63, 3.8) is 0 Å². The number of nitrogen functional groups attached to an aromatic ring is 1. The second-order valence-electron chi connectivity index (χ2n) is 5.52. The van der Waals surface area contributed by atoms with Crippen LogP contribution in [0.15, 0.2) is 12.1 Å². The number of methoxy groups -OCH3 is 1. The van der Waals surface area contributed by atoms with Crippen LogP contribution in [0, 0.1) is 5.41 Å². The zero-order valence-corrected chi connectivity index (χ0v) is 11.7. The Labute approximate surface area is 108 Å². The summed E-state index contributed by atoms with van der Waals surface area (Å²) in [5, 5.41) is 0. The Hall–Kier alpha value is -1.78. The van der Waals surface area contributed by atoms with Gasteiger partial charge in [0.1, 0.15) is 0 Å². The number of anilines is 2. The van der Waals surface area contributed by atoms with Gasteiger partial charge in [-0.3, -0.25) is 0 Å². The molecule has 0 saturated heterocycles. The summed E-state index contributed by atoms with van der Waals surface area (Å²) in [4.78, 5) is 17.6. The van der Waals surface area contributed by atoms with E-state index in [0.29, 0.717) is 11.5 Å². The molecule has 1 aromatic heterocycles. The van der Waals surface area contributed by atoms with Crippen LogP contribution in [0.3, 0.4) is 0 Å². The van der Waals surface area contributed by atoms with Crippen LogP contribution in [0.1, 0.15) is 31.3 Å². The molecule has 0 aliphatic carbocycles. The number of hydrogen-bond acceptors (Lipinski definition) is 5. The average molecular weight is 251 g/mol. The third-order valence-corrected chi connectivity index (χ3v) is 2.37. The van der Waals surface area contributed by atoms with E-state index in [1.165, 1.54) is 7.11 Å². The molecule has 0 radical (unpaired) electrons. The monoisotopic (exact) mass is 251 g/mol. The fourth-order valence-electron chi connectivity index (χ4n) is 1.77. The third-order valence-electron chi connectivity index (χ3n) is 2.37. The summed E-state index contributed by atoms with van der Waals surface area (Å²) < 4.78 is 4.65. The van der Waals surface area contributed by atoms with Crippen molar-refractivity contribution in [1.29, 1.82) is 0 Å². The molecule has 0 atom stereocenters. The van der Waals surface area contributed by atoms with Crippen LogP contribution < -0.4 is 10.6 Å². The number of ether oxygens (including phenoxy) is 1. The number of nitrogens with zero attached hydrogens (tertiary/aromatic N) is 2. The molecule has 0 spiro atoms. The van der Waals surface area contributed by atoms with Gasteiger partial charge in [0.2, 0.25) is 0 Å². The molecule has 1 aromatic rings. The van der Waals surface area contributed by atoms with Crippen LogP contribution >= 0.6 is 0 Å². The molecule has 0 fully saturated rings. The number of esters is 1. The lowest BCUT2D eigenvalue weighted by Gasteiger charge is -2.28. The van der Waals surface area contributed by atoms with Gasteiger partial charge < -0.3 is 15.4 Å². The molecule has 0 aliphatic heterocycles. The van der Waals surface area contributed by atoms with Crippen LogP contribution in [0.4, 0.5) is 11.5 Å². The van der Waals surface area contributed by atoms with E-state index < -0.39 is 5.97 Å². The topological polar surface area (TPSA) is 68.5 Å². The van der Waals surface area contributed by atoms with Crippen LogP contribution in [0.2, 0.25) is 0 Å². The Balaban J connectivity index is 3.04. The highest BCUT2D eigenvalue weighted by atomic mass is 16.5. The second-order valence-corrected chi connectivity index (χ2v) is 5.52. The summed E-state index contributed by atoms with van der Waals surface area (Å²) in [6, 6.07) is 3.24. The smallest absolute Gasteiger partial charge is 0.356 e. The van der Waals surface area contributed by atoms with Crippen LogP contribution in [-0.2, 0) is 4.74 Å².